The number of anilines is 1. The van der Waals surface area contributed by atoms with Crippen LogP contribution in [0, 0.1) is 6.92 Å². The molecule has 2 aromatic carbocycles. The fourth-order valence-corrected chi connectivity index (χ4v) is 5.83. The molecule has 1 aromatic heterocycles. The highest BCUT2D eigenvalue weighted by molar-refractivity contribution is 9.10. The predicted octanol–water partition coefficient (Wildman–Crippen LogP) is 5.40. The van der Waals surface area contributed by atoms with Gasteiger partial charge in [0.25, 0.3) is 5.56 Å². The zero-order chi connectivity index (χ0) is 26.7. The van der Waals surface area contributed by atoms with Crippen LogP contribution < -0.4 is 10.9 Å². The molecule has 2 heterocycles. The third-order valence-electron chi connectivity index (χ3n) is 6.34. The van der Waals surface area contributed by atoms with Crippen molar-refractivity contribution in [3.63, 3.8) is 0 Å². The van der Waals surface area contributed by atoms with E-state index in [4.69, 9.17) is 4.99 Å². The number of carbonyl (C=O) groups excluding carboxylic acids is 2. The van der Waals surface area contributed by atoms with Gasteiger partial charge in [-0.2, -0.15) is 0 Å². The van der Waals surface area contributed by atoms with E-state index in [1.807, 2.05) is 63.4 Å². The van der Waals surface area contributed by atoms with Gasteiger partial charge in [0.15, 0.2) is 10.9 Å². The van der Waals surface area contributed by atoms with Crippen LogP contribution in [0.1, 0.15) is 38.8 Å². The summed E-state index contributed by atoms with van der Waals surface area (Å²) in [5.41, 5.74) is 2.11. The molecule has 1 fully saturated rings. The molecule has 1 aliphatic rings. The van der Waals surface area contributed by atoms with E-state index in [1.165, 1.54) is 11.8 Å². The van der Waals surface area contributed by atoms with E-state index in [2.05, 4.69) is 28.2 Å². The second kappa shape index (κ2) is 11.5. The molecule has 1 aliphatic heterocycles. The minimum absolute atomic E-state index is 0.00987. The third-order valence-corrected chi connectivity index (χ3v) is 8.02. The molecule has 0 radical (unpaired) electrons. The second-order valence-electron chi connectivity index (χ2n) is 9.02. The Kier molecular flexibility index (Phi) is 8.39. The van der Waals surface area contributed by atoms with E-state index < -0.39 is 5.25 Å². The zero-order valence-corrected chi connectivity index (χ0v) is 23.7. The Labute approximate surface area is 228 Å². The Bertz CT molecular complexity index is 1380. The standard InChI is InChI=1S/C27H30BrN5O3S/c1-5-9-17(2)32-25(35)22(16-23(34)29-20-14-12-19(28)13-15-20)37-27(32)30-24-18(3)31(4)33(26(24)36)21-10-7-6-8-11-21/h6-8,10-15,17,22H,5,9,16H2,1-4H3,(H,29,34)/t17-,22-/m1/s1. The van der Waals surface area contributed by atoms with Crippen molar-refractivity contribution in [3.05, 3.63) is 75.1 Å². The highest BCUT2D eigenvalue weighted by atomic mass is 79.9. The molecule has 2 amide bonds. The van der Waals surface area contributed by atoms with Crippen molar-refractivity contribution < 1.29 is 9.59 Å². The quantitative estimate of drug-likeness (QED) is 0.384. The highest BCUT2D eigenvalue weighted by Gasteiger charge is 2.41. The Morgan fingerprint density at radius 1 is 1.14 bits per heavy atom. The largest absolute Gasteiger partial charge is 0.326 e. The molecule has 2 atom stereocenters. The topological polar surface area (TPSA) is 88.7 Å². The highest BCUT2D eigenvalue weighted by Crippen LogP contribution is 2.34. The van der Waals surface area contributed by atoms with Gasteiger partial charge in [0.05, 0.1) is 11.4 Å². The molecule has 0 unspecified atom stereocenters. The third kappa shape index (κ3) is 5.75. The van der Waals surface area contributed by atoms with Gasteiger partial charge in [-0.15, -0.1) is 0 Å². The number of benzene rings is 2. The molecule has 0 saturated carbocycles. The van der Waals surface area contributed by atoms with Crippen LogP contribution in [0.3, 0.4) is 0 Å². The maximum Gasteiger partial charge on any atom is 0.297 e. The summed E-state index contributed by atoms with van der Waals surface area (Å²) in [5, 5.41) is 2.70. The number of amidine groups is 1. The Morgan fingerprint density at radius 3 is 2.46 bits per heavy atom. The molecule has 0 spiro atoms. The fourth-order valence-electron chi connectivity index (χ4n) is 4.34. The predicted molar refractivity (Wildman–Crippen MR) is 153 cm³/mol. The van der Waals surface area contributed by atoms with Gasteiger partial charge in [-0.05, 0) is 56.7 Å². The molecule has 8 nitrogen and oxygen atoms in total. The summed E-state index contributed by atoms with van der Waals surface area (Å²) >= 11 is 4.63. The number of nitrogens with one attached hydrogen (secondary N) is 1. The van der Waals surface area contributed by atoms with E-state index >= 15 is 0 Å². The molecule has 37 heavy (non-hydrogen) atoms. The van der Waals surface area contributed by atoms with Crippen molar-refractivity contribution in [2.24, 2.45) is 12.0 Å². The number of aromatic nitrogens is 2. The van der Waals surface area contributed by atoms with Crippen molar-refractivity contribution in [2.45, 2.75) is 51.3 Å². The number of halogens is 1. The number of carbonyl (C=O) groups is 2. The van der Waals surface area contributed by atoms with Crippen LogP contribution >= 0.6 is 27.7 Å². The second-order valence-corrected chi connectivity index (χ2v) is 11.1. The maximum absolute atomic E-state index is 13.5. The molecule has 0 aliphatic carbocycles. The van der Waals surface area contributed by atoms with Gasteiger partial charge in [-0.25, -0.2) is 9.67 Å². The lowest BCUT2D eigenvalue weighted by Crippen LogP contribution is -2.40. The van der Waals surface area contributed by atoms with Gasteiger partial charge in [0, 0.05) is 29.7 Å². The molecular formula is C27H30BrN5O3S. The van der Waals surface area contributed by atoms with Crippen molar-refractivity contribution in [1.29, 1.82) is 0 Å². The zero-order valence-electron chi connectivity index (χ0n) is 21.3. The maximum atomic E-state index is 13.5. The van der Waals surface area contributed by atoms with Crippen LogP contribution in [0.4, 0.5) is 11.4 Å². The number of para-hydroxylation sites is 1. The number of hydrogen-bond donors (Lipinski definition) is 1. The van der Waals surface area contributed by atoms with Gasteiger partial charge in [-0.3, -0.25) is 24.0 Å². The summed E-state index contributed by atoms with van der Waals surface area (Å²) < 4.78 is 4.25. The van der Waals surface area contributed by atoms with Gasteiger partial charge >= 0.3 is 0 Å². The lowest BCUT2D eigenvalue weighted by Gasteiger charge is -2.24. The SMILES string of the molecule is CCC[C@@H](C)N1C(=O)[C@@H](CC(=O)Nc2ccc(Br)cc2)SC1=Nc1c(C)n(C)n(-c2ccccc2)c1=O. The molecule has 0 bridgehead atoms. The average Bonchev–Trinajstić information content (AvgIpc) is 3.28. The van der Waals surface area contributed by atoms with E-state index in [-0.39, 0.29) is 35.5 Å². The first-order valence-corrected chi connectivity index (χ1v) is 13.9. The first-order valence-electron chi connectivity index (χ1n) is 12.2. The minimum atomic E-state index is -0.617. The average molecular weight is 585 g/mol. The molecule has 3 aromatic rings. The van der Waals surface area contributed by atoms with Crippen molar-refractivity contribution in [1.82, 2.24) is 14.3 Å². The minimum Gasteiger partial charge on any atom is -0.326 e. The number of rotatable bonds is 8. The number of thioether (sulfide) groups is 1. The first kappa shape index (κ1) is 26.9. The number of hydrogen-bond acceptors (Lipinski definition) is 5. The molecule has 4 rings (SSSR count). The van der Waals surface area contributed by atoms with Crippen LogP contribution in [-0.4, -0.2) is 42.5 Å². The van der Waals surface area contributed by atoms with E-state index in [0.717, 1.165) is 23.0 Å². The Balaban J connectivity index is 1.65. The molecule has 194 valence electrons. The van der Waals surface area contributed by atoms with Gasteiger partial charge in [0.2, 0.25) is 11.8 Å². The lowest BCUT2D eigenvalue weighted by molar-refractivity contribution is -0.129. The number of nitrogens with zero attached hydrogens (tertiary/aromatic N) is 4. The van der Waals surface area contributed by atoms with E-state index in [1.54, 1.807) is 26.4 Å². The monoisotopic (exact) mass is 583 g/mol. The van der Waals surface area contributed by atoms with Gasteiger partial charge in [0.1, 0.15) is 5.25 Å². The summed E-state index contributed by atoms with van der Waals surface area (Å²) in [6.07, 6.45) is 1.68. The van der Waals surface area contributed by atoms with Crippen molar-refractivity contribution >= 4 is 56.0 Å². The van der Waals surface area contributed by atoms with E-state index in [0.29, 0.717) is 16.5 Å². The van der Waals surface area contributed by atoms with E-state index in [9.17, 15) is 14.4 Å². The summed E-state index contributed by atoms with van der Waals surface area (Å²) in [5.74, 6) is -0.410. The first-order chi connectivity index (χ1) is 17.7. The van der Waals surface area contributed by atoms with Crippen molar-refractivity contribution in [3.8, 4) is 5.69 Å². The molecular weight excluding hydrogens is 554 g/mol. The van der Waals surface area contributed by atoms with Crippen LogP contribution in [0.15, 0.2) is 68.9 Å². The summed E-state index contributed by atoms with van der Waals surface area (Å²) in [6.45, 7) is 5.87. The Morgan fingerprint density at radius 2 is 1.81 bits per heavy atom. The molecule has 10 heteroatoms. The molecule has 1 saturated heterocycles. The van der Waals surface area contributed by atoms with Crippen LogP contribution in [0.25, 0.3) is 5.69 Å². The Hall–Kier alpha value is -3.11. The van der Waals surface area contributed by atoms with Crippen LogP contribution in [-0.2, 0) is 16.6 Å². The van der Waals surface area contributed by atoms with Crippen LogP contribution in [0.2, 0.25) is 0 Å². The smallest absolute Gasteiger partial charge is 0.297 e. The number of aliphatic imine (C=N–C) groups is 1. The van der Waals surface area contributed by atoms with Crippen LogP contribution in [0.5, 0.6) is 0 Å². The fraction of sp³-hybridized carbons (Fsp3) is 0.333. The van der Waals surface area contributed by atoms with Gasteiger partial charge < -0.3 is 5.32 Å². The summed E-state index contributed by atoms with van der Waals surface area (Å²) in [4.78, 5) is 46.1. The molecule has 1 N–H and O–H groups in total. The summed E-state index contributed by atoms with van der Waals surface area (Å²) in [7, 11) is 1.81. The number of amides is 2. The lowest BCUT2D eigenvalue weighted by atomic mass is 10.1. The normalized spacial score (nSPS) is 17.4. The summed E-state index contributed by atoms with van der Waals surface area (Å²) in [6, 6.07) is 16.5. The van der Waals surface area contributed by atoms with Gasteiger partial charge in [-0.1, -0.05) is 59.2 Å². The van der Waals surface area contributed by atoms with Crippen molar-refractivity contribution in [2.75, 3.05) is 5.32 Å².